The molecule has 0 aromatic rings. The topological polar surface area (TPSA) is 40.5 Å². The normalized spacial score (nSPS) is 18.1. The maximum Gasteiger partial charge on any atom is 0.233 e. The first kappa shape index (κ1) is 10.7. The van der Waals surface area contributed by atoms with Gasteiger partial charge < -0.3 is 10.0 Å². The second-order valence-electron chi connectivity index (χ2n) is 3.17. The summed E-state index contributed by atoms with van der Waals surface area (Å²) in [6, 6.07) is 0. The fourth-order valence-electron chi connectivity index (χ4n) is 1.29. The Labute approximate surface area is 84.0 Å². The van der Waals surface area contributed by atoms with E-state index in [4.69, 9.17) is 5.11 Å². The van der Waals surface area contributed by atoms with Gasteiger partial charge in [-0.1, -0.05) is 18.2 Å². The molecule has 14 heavy (non-hydrogen) atoms. The van der Waals surface area contributed by atoms with Gasteiger partial charge in [-0.2, -0.15) is 0 Å². The van der Waals surface area contributed by atoms with E-state index in [9.17, 15) is 4.79 Å². The lowest BCUT2D eigenvalue weighted by Gasteiger charge is -2.15. The molecule has 3 nitrogen and oxygen atoms in total. The molecule has 3 heteroatoms. The van der Waals surface area contributed by atoms with Gasteiger partial charge in [0, 0.05) is 25.4 Å². The predicted molar refractivity (Wildman–Crippen MR) is 55.3 cm³/mol. The van der Waals surface area contributed by atoms with Gasteiger partial charge in [0.15, 0.2) is 0 Å². The molecule has 0 unspecified atom stereocenters. The number of carbonyl (C=O) groups excluding carboxylic acids is 1. The maximum atomic E-state index is 10.6. The molecule has 0 saturated carbocycles. The molecule has 0 aromatic heterocycles. The molecule has 0 heterocycles. The molecule has 0 amide bonds. The standard InChI is InChI=1S/C11H14NO2/c1-12(6-7-13)8-10-4-2-3-5-11(10)9-14/h2-3,5,8,13H,4,6-7H2,1H3. The van der Waals surface area contributed by atoms with Gasteiger partial charge >= 0.3 is 0 Å². The van der Waals surface area contributed by atoms with E-state index in [1.807, 2.05) is 36.6 Å². The van der Waals surface area contributed by atoms with Gasteiger partial charge in [-0.25, -0.2) is 0 Å². The van der Waals surface area contributed by atoms with Crippen LogP contribution in [0.3, 0.4) is 0 Å². The van der Waals surface area contributed by atoms with Gasteiger partial charge in [-0.15, -0.1) is 0 Å². The second-order valence-corrected chi connectivity index (χ2v) is 3.17. The zero-order chi connectivity index (χ0) is 10.4. The van der Waals surface area contributed by atoms with E-state index >= 15 is 0 Å². The van der Waals surface area contributed by atoms with Crippen molar-refractivity contribution in [1.82, 2.24) is 4.90 Å². The summed E-state index contributed by atoms with van der Waals surface area (Å²) < 4.78 is 0. The molecule has 1 radical (unpaired) electrons. The highest BCUT2D eigenvalue weighted by molar-refractivity contribution is 5.82. The van der Waals surface area contributed by atoms with E-state index in [-0.39, 0.29) is 6.61 Å². The summed E-state index contributed by atoms with van der Waals surface area (Å²) in [4.78, 5) is 12.4. The SMILES string of the molecule is CN(C=C1CC=CC=C1[C]=O)CCO. The fourth-order valence-corrected chi connectivity index (χ4v) is 1.29. The van der Waals surface area contributed by atoms with Crippen LogP contribution in [-0.4, -0.2) is 36.5 Å². The molecule has 1 aliphatic rings. The molecule has 0 fully saturated rings. The molecule has 0 bridgehead atoms. The van der Waals surface area contributed by atoms with Gasteiger partial charge in [-0.3, -0.25) is 4.79 Å². The number of hydrogen-bond donors (Lipinski definition) is 1. The first-order valence-electron chi connectivity index (χ1n) is 4.55. The lowest BCUT2D eigenvalue weighted by atomic mass is 10.0. The van der Waals surface area contributed by atoms with E-state index in [2.05, 4.69) is 0 Å². The summed E-state index contributed by atoms with van der Waals surface area (Å²) in [6.45, 7) is 0.680. The molecular weight excluding hydrogens is 178 g/mol. The number of hydrogen-bond acceptors (Lipinski definition) is 3. The Morgan fingerprint density at radius 3 is 3.14 bits per heavy atom. The van der Waals surface area contributed by atoms with Crippen LogP contribution in [0.5, 0.6) is 0 Å². The second kappa shape index (κ2) is 5.40. The first-order valence-corrected chi connectivity index (χ1v) is 4.55. The smallest absolute Gasteiger partial charge is 0.233 e. The number of allylic oxidation sites excluding steroid dienone is 5. The van der Waals surface area contributed by atoms with Crippen LogP contribution < -0.4 is 0 Å². The summed E-state index contributed by atoms with van der Waals surface area (Å²) in [6.07, 6.45) is 10.1. The molecule has 1 aliphatic carbocycles. The zero-order valence-electron chi connectivity index (χ0n) is 8.23. The molecule has 0 atom stereocenters. The Morgan fingerprint density at radius 2 is 2.50 bits per heavy atom. The highest BCUT2D eigenvalue weighted by Gasteiger charge is 2.07. The molecular formula is C11H14NO2. The largest absolute Gasteiger partial charge is 0.395 e. The van der Waals surface area contributed by atoms with Crippen molar-refractivity contribution >= 4 is 6.29 Å². The zero-order valence-corrected chi connectivity index (χ0v) is 8.23. The van der Waals surface area contributed by atoms with Gasteiger partial charge in [0.1, 0.15) is 0 Å². The molecule has 0 aromatic carbocycles. The van der Waals surface area contributed by atoms with Crippen LogP contribution >= 0.6 is 0 Å². The molecule has 75 valence electrons. The van der Waals surface area contributed by atoms with Crippen molar-refractivity contribution in [2.45, 2.75) is 6.42 Å². The van der Waals surface area contributed by atoms with E-state index in [1.54, 1.807) is 6.08 Å². The fraction of sp³-hybridized carbons (Fsp3) is 0.364. The third-order valence-corrected chi connectivity index (χ3v) is 2.02. The Hall–Kier alpha value is -1.35. The highest BCUT2D eigenvalue weighted by Crippen LogP contribution is 2.17. The van der Waals surface area contributed by atoms with Crippen LogP contribution in [0.25, 0.3) is 0 Å². The third-order valence-electron chi connectivity index (χ3n) is 2.02. The minimum absolute atomic E-state index is 0.111. The molecule has 1 N–H and O–H groups in total. The summed E-state index contributed by atoms with van der Waals surface area (Å²) in [7, 11) is 1.87. The minimum Gasteiger partial charge on any atom is -0.395 e. The van der Waals surface area contributed by atoms with Gasteiger partial charge in [0.25, 0.3) is 0 Å². The quantitative estimate of drug-likeness (QED) is 0.716. The van der Waals surface area contributed by atoms with Gasteiger partial charge in [0.2, 0.25) is 6.29 Å². The predicted octanol–water partition coefficient (Wildman–Crippen LogP) is 0.790. The number of likely N-dealkylation sites (N-methyl/N-ethyl adjacent to an activating group) is 1. The Kier molecular flexibility index (Phi) is 4.13. The first-order chi connectivity index (χ1) is 6.77. The highest BCUT2D eigenvalue weighted by atomic mass is 16.3. The summed E-state index contributed by atoms with van der Waals surface area (Å²) in [5, 5.41) is 8.71. The summed E-state index contributed by atoms with van der Waals surface area (Å²) in [5.74, 6) is 0. The van der Waals surface area contributed by atoms with E-state index < -0.39 is 0 Å². The lowest BCUT2D eigenvalue weighted by Crippen LogP contribution is -2.16. The van der Waals surface area contributed by atoms with E-state index in [0.717, 1.165) is 12.0 Å². The van der Waals surface area contributed by atoms with Gasteiger partial charge in [-0.05, 0) is 12.0 Å². The van der Waals surface area contributed by atoms with Crippen LogP contribution in [0.4, 0.5) is 0 Å². The van der Waals surface area contributed by atoms with Crippen LogP contribution in [0.15, 0.2) is 35.6 Å². The van der Waals surface area contributed by atoms with Crippen molar-refractivity contribution in [2.75, 3.05) is 20.2 Å². The van der Waals surface area contributed by atoms with Crippen molar-refractivity contribution in [3.05, 3.63) is 35.6 Å². The van der Waals surface area contributed by atoms with Crippen molar-refractivity contribution in [3.63, 3.8) is 0 Å². The summed E-state index contributed by atoms with van der Waals surface area (Å²) in [5.41, 5.74) is 1.54. The van der Waals surface area contributed by atoms with Crippen molar-refractivity contribution in [3.8, 4) is 0 Å². The van der Waals surface area contributed by atoms with E-state index in [0.29, 0.717) is 12.1 Å². The lowest BCUT2D eigenvalue weighted by molar-refractivity contribution is 0.253. The van der Waals surface area contributed by atoms with Crippen LogP contribution in [0.1, 0.15) is 6.42 Å². The monoisotopic (exact) mass is 192 g/mol. The third kappa shape index (κ3) is 2.85. The van der Waals surface area contributed by atoms with Gasteiger partial charge in [0.05, 0.1) is 6.61 Å². The van der Waals surface area contributed by atoms with Crippen LogP contribution in [0, 0.1) is 0 Å². The molecule has 0 saturated heterocycles. The van der Waals surface area contributed by atoms with Crippen molar-refractivity contribution in [2.24, 2.45) is 0 Å². The number of nitrogens with zero attached hydrogens (tertiary/aromatic N) is 1. The molecule has 1 rings (SSSR count). The average molecular weight is 192 g/mol. The maximum absolute atomic E-state index is 10.6. The van der Waals surface area contributed by atoms with E-state index in [1.165, 1.54) is 0 Å². The average Bonchev–Trinajstić information content (AvgIpc) is 2.19. The minimum atomic E-state index is 0.111. The Morgan fingerprint density at radius 1 is 1.71 bits per heavy atom. The van der Waals surface area contributed by atoms with Crippen molar-refractivity contribution in [1.29, 1.82) is 0 Å². The Balaban J connectivity index is 2.71. The Bertz CT molecular complexity index is 290. The number of aliphatic hydroxyl groups excluding tert-OH is 1. The summed E-state index contributed by atoms with van der Waals surface area (Å²) >= 11 is 0. The van der Waals surface area contributed by atoms with Crippen LogP contribution in [0.2, 0.25) is 0 Å². The number of aliphatic hydroxyl groups is 1. The number of rotatable bonds is 4. The van der Waals surface area contributed by atoms with Crippen LogP contribution in [-0.2, 0) is 4.79 Å². The molecule has 0 spiro atoms. The van der Waals surface area contributed by atoms with Crippen molar-refractivity contribution < 1.29 is 9.90 Å². The molecule has 0 aliphatic heterocycles.